The van der Waals surface area contributed by atoms with Gasteiger partial charge in [0.1, 0.15) is 0 Å². The monoisotopic (exact) mass is 285 g/mol. The number of anilines is 1. The summed E-state index contributed by atoms with van der Waals surface area (Å²) in [7, 11) is -2.62. The quantitative estimate of drug-likeness (QED) is 0.624. The lowest BCUT2D eigenvalue weighted by molar-refractivity contribution is 0.615. The van der Waals surface area contributed by atoms with E-state index in [9.17, 15) is 8.42 Å². The molecule has 3 nitrogen and oxygen atoms in total. The van der Waals surface area contributed by atoms with Crippen LogP contribution >= 0.6 is 15.9 Å². The van der Waals surface area contributed by atoms with Crippen LogP contribution in [0.15, 0.2) is 39.7 Å². The van der Waals surface area contributed by atoms with Gasteiger partial charge in [0.15, 0.2) is 10.7 Å². The van der Waals surface area contributed by atoms with Gasteiger partial charge in [-0.05, 0) is 23.6 Å². The summed E-state index contributed by atoms with van der Waals surface area (Å²) in [6.07, 6.45) is 0. The topological polar surface area (TPSA) is 60.2 Å². The molecule has 0 radical (unpaired) electrons. The Kier molecular flexibility index (Phi) is 2.67. The third-order valence-corrected chi connectivity index (χ3v) is 3.65. The first-order chi connectivity index (χ1) is 7.11. The predicted molar refractivity (Wildman–Crippen MR) is 64.6 cm³/mol. The van der Waals surface area contributed by atoms with Crippen molar-refractivity contribution < 1.29 is 8.42 Å². The van der Waals surface area contributed by atoms with Crippen molar-refractivity contribution in [2.75, 3.05) is 5.73 Å². The lowest BCUT2D eigenvalue weighted by Crippen LogP contribution is -1.91. The van der Waals surface area contributed by atoms with Gasteiger partial charge in [-0.1, -0.05) is 28.1 Å². The molecule has 0 bridgehead atoms. The van der Waals surface area contributed by atoms with E-state index in [0.717, 1.165) is 9.86 Å². The zero-order chi connectivity index (χ0) is 11.0. The molecule has 5 heteroatoms. The van der Waals surface area contributed by atoms with Gasteiger partial charge in [-0.3, -0.25) is 0 Å². The van der Waals surface area contributed by atoms with E-state index in [1.165, 1.54) is 0 Å². The van der Waals surface area contributed by atoms with Crippen molar-refractivity contribution >= 4 is 43.1 Å². The summed E-state index contributed by atoms with van der Waals surface area (Å²) in [6.45, 7) is 0. The molecule has 0 aliphatic rings. The number of thiol groups is 1. The van der Waals surface area contributed by atoms with Gasteiger partial charge >= 0.3 is 0 Å². The molecule has 2 aromatic carbocycles. The first-order valence-electron chi connectivity index (χ1n) is 4.22. The minimum Gasteiger partial charge on any atom is -0.398 e. The van der Waals surface area contributed by atoms with Crippen LogP contribution in [0.5, 0.6) is 0 Å². The Labute approximate surface area is 97.0 Å². The summed E-state index contributed by atoms with van der Waals surface area (Å²) >= 11 is 3.36. The summed E-state index contributed by atoms with van der Waals surface area (Å²) in [5, 5.41) is 1.40. The Balaban J connectivity index is 3.03. The van der Waals surface area contributed by atoms with E-state index in [1.54, 1.807) is 24.3 Å². The van der Waals surface area contributed by atoms with Crippen LogP contribution in [0.1, 0.15) is 0 Å². The van der Waals surface area contributed by atoms with Crippen LogP contribution in [-0.2, 0) is 10.7 Å². The van der Waals surface area contributed by atoms with Gasteiger partial charge in [0.25, 0.3) is 0 Å². The standard InChI is InChI=1S/C10H8BrNO2S/c11-7-4-5-9(15(13)14)10-6(7)2-1-3-8(10)12/h1-5,15H,12H2. The predicted octanol–water partition coefficient (Wildman–Crippen LogP) is 2.15. The molecule has 0 fully saturated rings. The molecule has 0 aromatic heterocycles. The van der Waals surface area contributed by atoms with Gasteiger partial charge in [0.2, 0.25) is 0 Å². The third-order valence-electron chi connectivity index (χ3n) is 2.19. The number of hydrogen-bond acceptors (Lipinski definition) is 3. The number of rotatable bonds is 1. The molecular formula is C10H8BrNO2S. The molecule has 0 amide bonds. The Bertz CT molecular complexity index is 600. The van der Waals surface area contributed by atoms with Crippen molar-refractivity contribution in [3.05, 3.63) is 34.8 Å². The minimum atomic E-state index is -2.62. The van der Waals surface area contributed by atoms with Crippen molar-refractivity contribution in [2.45, 2.75) is 4.90 Å². The maximum absolute atomic E-state index is 11.0. The summed E-state index contributed by atoms with van der Waals surface area (Å²) in [6, 6.07) is 8.58. The molecule has 78 valence electrons. The van der Waals surface area contributed by atoms with Gasteiger partial charge in [-0.2, -0.15) is 0 Å². The van der Waals surface area contributed by atoms with Crippen molar-refractivity contribution in [1.29, 1.82) is 0 Å². The van der Waals surface area contributed by atoms with Crippen LogP contribution in [0, 0.1) is 0 Å². The number of hydrogen-bond donors (Lipinski definition) is 2. The van der Waals surface area contributed by atoms with E-state index in [-0.39, 0.29) is 4.90 Å². The van der Waals surface area contributed by atoms with Crippen molar-refractivity contribution in [3.8, 4) is 0 Å². The molecule has 0 spiro atoms. The van der Waals surface area contributed by atoms with E-state index in [4.69, 9.17) is 5.73 Å². The molecule has 15 heavy (non-hydrogen) atoms. The molecule has 0 aliphatic carbocycles. The van der Waals surface area contributed by atoms with E-state index >= 15 is 0 Å². The average molecular weight is 286 g/mol. The summed E-state index contributed by atoms with van der Waals surface area (Å²) in [5.74, 6) is 0. The second kappa shape index (κ2) is 3.83. The van der Waals surface area contributed by atoms with Crippen LogP contribution in [0.4, 0.5) is 5.69 Å². The van der Waals surface area contributed by atoms with Gasteiger partial charge < -0.3 is 5.73 Å². The van der Waals surface area contributed by atoms with Crippen LogP contribution < -0.4 is 5.73 Å². The highest BCUT2D eigenvalue weighted by Gasteiger charge is 2.08. The van der Waals surface area contributed by atoms with Gasteiger partial charge in [-0.25, -0.2) is 8.42 Å². The van der Waals surface area contributed by atoms with Crippen molar-refractivity contribution in [1.82, 2.24) is 0 Å². The Hall–Kier alpha value is -1.07. The Morgan fingerprint density at radius 1 is 1.13 bits per heavy atom. The minimum absolute atomic E-state index is 0.265. The van der Waals surface area contributed by atoms with Gasteiger partial charge in [0, 0.05) is 15.5 Å². The molecule has 2 rings (SSSR count). The fraction of sp³-hybridized carbons (Fsp3) is 0. The van der Waals surface area contributed by atoms with E-state index in [2.05, 4.69) is 15.9 Å². The summed E-state index contributed by atoms with van der Waals surface area (Å²) < 4.78 is 22.9. The second-order valence-corrected chi connectivity index (χ2v) is 4.94. The van der Waals surface area contributed by atoms with Crippen LogP contribution in [0.3, 0.4) is 0 Å². The van der Waals surface area contributed by atoms with Gasteiger partial charge in [-0.15, -0.1) is 0 Å². The highest BCUT2D eigenvalue weighted by atomic mass is 79.9. The molecule has 0 heterocycles. The molecule has 2 aromatic rings. The number of nitrogens with two attached hydrogens (primary N) is 1. The number of halogens is 1. The van der Waals surface area contributed by atoms with Gasteiger partial charge in [0.05, 0.1) is 4.90 Å². The van der Waals surface area contributed by atoms with E-state index in [0.29, 0.717) is 11.1 Å². The molecule has 0 saturated carbocycles. The normalized spacial score (nSPS) is 11.1. The largest absolute Gasteiger partial charge is 0.398 e. The fourth-order valence-corrected chi connectivity index (χ4v) is 2.62. The van der Waals surface area contributed by atoms with Crippen molar-refractivity contribution in [3.63, 3.8) is 0 Å². The van der Waals surface area contributed by atoms with Crippen LogP contribution in [0.2, 0.25) is 0 Å². The number of fused-ring (bicyclic) bond motifs is 1. The Morgan fingerprint density at radius 2 is 1.87 bits per heavy atom. The first kappa shape index (κ1) is 10.4. The number of benzene rings is 2. The Morgan fingerprint density at radius 3 is 2.53 bits per heavy atom. The molecular weight excluding hydrogens is 278 g/mol. The maximum Gasteiger partial charge on any atom is 0.168 e. The summed E-state index contributed by atoms with van der Waals surface area (Å²) in [5.41, 5.74) is 6.25. The van der Waals surface area contributed by atoms with Crippen molar-refractivity contribution in [2.24, 2.45) is 0 Å². The molecule has 0 saturated heterocycles. The fourth-order valence-electron chi connectivity index (χ4n) is 1.53. The molecule has 0 atom stereocenters. The lowest BCUT2D eigenvalue weighted by Gasteiger charge is -2.06. The third kappa shape index (κ3) is 1.72. The highest BCUT2D eigenvalue weighted by molar-refractivity contribution is 9.10. The average Bonchev–Trinajstić information content (AvgIpc) is 2.19. The lowest BCUT2D eigenvalue weighted by atomic mass is 10.1. The van der Waals surface area contributed by atoms with Crippen LogP contribution in [-0.4, -0.2) is 8.42 Å². The maximum atomic E-state index is 11.0. The van der Waals surface area contributed by atoms with Crippen LogP contribution in [0.25, 0.3) is 10.8 Å². The summed E-state index contributed by atoms with van der Waals surface area (Å²) in [4.78, 5) is 0.265. The first-order valence-corrected chi connectivity index (χ1v) is 6.19. The molecule has 0 unspecified atom stereocenters. The SMILES string of the molecule is Nc1cccc2c(Br)ccc([SH](=O)=O)c12. The second-order valence-electron chi connectivity index (χ2n) is 3.09. The smallest absolute Gasteiger partial charge is 0.168 e. The zero-order valence-corrected chi connectivity index (χ0v) is 10.1. The molecule has 2 N–H and O–H groups in total. The molecule has 0 aliphatic heterocycles. The highest BCUT2D eigenvalue weighted by Crippen LogP contribution is 2.31. The number of nitrogen functional groups attached to an aromatic ring is 1. The van der Waals surface area contributed by atoms with E-state index in [1.807, 2.05) is 6.07 Å². The zero-order valence-electron chi connectivity index (χ0n) is 7.61. The van der Waals surface area contributed by atoms with E-state index < -0.39 is 10.7 Å².